The van der Waals surface area contributed by atoms with Crippen molar-refractivity contribution in [3.8, 4) is 11.5 Å². The molecule has 1 N–H and O–H groups in total. The van der Waals surface area contributed by atoms with E-state index in [-0.39, 0.29) is 19.1 Å². The van der Waals surface area contributed by atoms with Crippen molar-refractivity contribution in [3.05, 3.63) is 23.8 Å². The van der Waals surface area contributed by atoms with E-state index in [9.17, 15) is 4.79 Å². The molecule has 0 spiro atoms. The van der Waals surface area contributed by atoms with Crippen molar-refractivity contribution in [1.29, 1.82) is 0 Å². The van der Waals surface area contributed by atoms with Crippen LogP contribution in [0.3, 0.4) is 0 Å². The van der Waals surface area contributed by atoms with E-state index in [0.717, 1.165) is 0 Å². The predicted octanol–water partition coefficient (Wildman–Crippen LogP) is 1.04. The van der Waals surface area contributed by atoms with Crippen molar-refractivity contribution >= 4 is 5.91 Å². The summed E-state index contributed by atoms with van der Waals surface area (Å²) in [6, 6.07) is 5.11. The number of nitrogens with zero attached hydrogens (tertiary/aromatic N) is 1. The fourth-order valence-corrected chi connectivity index (χ4v) is 1.36. The average Bonchev–Trinajstić information content (AvgIpc) is 2.43. The highest BCUT2D eigenvalue weighted by molar-refractivity contribution is 5.77. The van der Waals surface area contributed by atoms with Gasteiger partial charge in [-0.1, -0.05) is 6.07 Å². The van der Waals surface area contributed by atoms with Gasteiger partial charge in [0.25, 0.3) is 5.91 Å². The van der Waals surface area contributed by atoms with E-state index < -0.39 is 0 Å². The lowest BCUT2D eigenvalue weighted by molar-refractivity contribution is -0.131. The number of hydrogen-bond acceptors (Lipinski definition) is 4. The maximum absolute atomic E-state index is 11.6. The molecule has 100 valence electrons. The molecule has 0 unspecified atom stereocenters. The van der Waals surface area contributed by atoms with Crippen molar-refractivity contribution in [2.75, 3.05) is 27.3 Å². The van der Waals surface area contributed by atoms with Crippen LogP contribution in [0.5, 0.6) is 11.5 Å². The fraction of sp³-hybridized carbons (Fsp3) is 0.462. The highest BCUT2D eigenvalue weighted by atomic mass is 16.5. The van der Waals surface area contributed by atoms with Gasteiger partial charge in [-0.3, -0.25) is 4.79 Å². The van der Waals surface area contributed by atoms with E-state index in [2.05, 4.69) is 0 Å². The monoisotopic (exact) mass is 253 g/mol. The van der Waals surface area contributed by atoms with E-state index in [4.69, 9.17) is 14.6 Å². The first-order chi connectivity index (χ1) is 8.62. The quantitative estimate of drug-likeness (QED) is 0.823. The Morgan fingerprint density at radius 3 is 2.67 bits per heavy atom. The summed E-state index contributed by atoms with van der Waals surface area (Å²) >= 11 is 0. The third-order valence-corrected chi connectivity index (χ3v) is 2.66. The van der Waals surface area contributed by atoms with Gasteiger partial charge in [0, 0.05) is 13.6 Å². The van der Waals surface area contributed by atoms with Gasteiger partial charge in [0.15, 0.2) is 18.1 Å². The van der Waals surface area contributed by atoms with Gasteiger partial charge in [-0.15, -0.1) is 0 Å². The largest absolute Gasteiger partial charge is 0.493 e. The molecule has 1 amide bonds. The number of amides is 1. The van der Waals surface area contributed by atoms with E-state index in [1.165, 1.54) is 7.11 Å². The molecule has 0 saturated carbocycles. The Balaban J connectivity index is 2.73. The smallest absolute Gasteiger partial charge is 0.260 e. The first kappa shape index (κ1) is 14.3. The summed E-state index contributed by atoms with van der Waals surface area (Å²) in [5, 5.41) is 9.06. The van der Waals surface area contributed by atoms with Crippen molar-refractivity contribution < 1.29 is 19.4 Å². The number of carbonyl (C=O) groups is 1. The predicted molar refractivity (Wildman–Crippen MR) is 67.7 cm³/mol. The Kier molecular flexibility index (Phi) is 5.45. The minimum Gasteiger partial charge on any atom is -0.493 e. The standard InChI is InChI=1S/C13H19NO4/c1-4-14(2)13(16)9-18-12-7-10(8-15)5-6-11(12)17-3/h5-7,15H,4,8-9H2,1-3H3. The molecule has 0 heterocycles. The second-order valence-corrected chi connectivity index (χ2v) is 3.84. The maximum atomic E-state index is 11.6. The fourth-order valence-electron chi connectivity index (χ4n) is 1.36. The molecular formula is C13H19NO4. The van der Waals surface area contributed by atoms with Gasteiger partial charge in [0.1, 0.15) is 0 Å². The zero-order valence-corrected chi connectivity index (χ0v) is 11.0. The lowest BCUT2D eigenvalue weighted by atomic mass is 10.2. The lowest BCUT2D eigenvalue weighted by Crippen LogP contribution is -2.31. The van der Waals surface area contributed by atoms with Crippen molar-refractivity contribution in [3.63, 3.8) is 0 Å². The molecule has 1 aromatic rings. The van der Waals surface area contributed by atoms with Gasteiger partial charge in [0.05, 0.1) is 13.7 Å². The zero-order chi connectivity index (χ0) is 13.5. The molecule has 0 radical (unpaired) electrons. The Morgan fingerprint density at radius 2 is 2.11 bits per heavy atom. The molecule has 0 atom stereocenters. The third kappa shape index (κ3) is 3.63. The van der Waals surface area contributed by atoms with Crippen LogP contribution < -0.4 is 9.47 Å². The molecular weight excluding hydrogens is 234 g/mol. The summed E-state index contributed by atoms with van der Waals surface area (Å²) in [5.41, 5.74) is 0.710. The molecule has 0 aromatic heterocycles. The maximum Gasteiger partial charge on any atom is 0.260 e. The second-order valence-electron chi connectivity index (χ2n) is 3.84. The van der Waals surface area contributed by atoms with Crippen molar-refractivity contribution in [2.45, 2.75) is 13.5 Å². The van der Waals surface area contributed by atoms with Gasteiger partial charge < -0.3 is 19.5 Å². The van der Waals surface area contributed by atoms with Gasteiger partial charge >= 0.3 is 0 Å². The van der Waals surface area contributed by atoms with Gasteiger partial charge in [-0.2, -0.15) is 0 Å². The molecule has 0 fully saturated rings. The number of carbonyl (C=O) groups excluding carboxylic acids is 1. The van der Waals surface area contributed by atoms with Crippen molar-refractivity contribution in [1.82, 2.24) is 4.90 Å². The summed E-state index contributed by atoms with van der Waals surface area (Å²) in [7, 11) is 3.24. The van der Waals surface area contributed by atoms with Crippen LogP contribution in [0, 0.1) is 0 Å². The summed E-state index contributed by atoms with van der Waals surface area (Å²) in [6.07, 6.45) is 0. The van der Waals surface area contributed by atoms with Gasteiger partial charge in [0.2, 0.25) is 0 Å². The van der Waals surface area contributed by atoms with E-state index in [0.29, 0.717) is 23.6 Å². The van der Waals surface area contributed by atoms with Crippen LogP contribution >= 0.6 is 0 Å². The van der Waals surface area contributed by atoms with Crippen LogP contribution in [0.2, 0.25) is 0 Å². The molecule has 5 heteroatoms. The van der Waals surface area contributed by atoms with Crippen LogP contribution in [-0.2, 0) is 11.4 Å². The first-order valence-corrected chi connectivity index (χ1v) is 5.76. The normalized spacial score (nSPS) is 10.0. The van der Waals surface area contributed by atoms with Crippen LogP contribution in [0.15, 0.2) is 18.2 Å². The molecule has 18 heavy (non-hydrogen) atoms. The minimum atomic E-state index is -0.103. The summed E-state index contributed by atoms with van der Waals surface area (Å²) in [4.78, 5) is 13.2. The molecule has 0 aliphatic carbocycles. The molecule has 0 bridgehead atoms. The minimum absolute atomic E-state index is 0.0460. The van der Waals surface area contributed by atoms with Crippen LogP contribution in [0.4, 0.5) is 0 Å². The molecule has 0 saturated heterocycles. The molecule has 0 aliphatic heterocycles. The molecule has 0 aliphatic rings. The number of hydrogen-bond donors (Lipinski definition) is 1. The van der Waals surface area contributed by atoms with Gasteiger partial charge in [-0.05, 0) is 24.6 Å². The number of benzene rings is 1. The summed E-state index contributed by atoms with van der Waals surface area (Å²) < 4.78 is 10.6. The van der Waals surface area contributed by atoms with Gasteiger partial charge in [-0.25, -0.2) is 0 Å². The Hall–Kier alpha value is -1.75. The molecule has 5 nitrogen and oxygen atoms in total. The number of aliphatic hydroxyl groups excluding tert-OH is 1. The molecule has 1 aromatic carbocycles. The number of ether oxygens (including phenoxy) is 2. The number of aliphatic hydroxyl groups is 1. The van der Waals surface area contributed by atoms with E-state index in [1.54, 1.807) is 30.1 Å². The lowest BCUT2D eigenvalue weighted by Gasteiger charge is -2.16. The third-order valence-electron chi connectivity index (χ3n) is 2.66. The van der Waals surface area contributed by atoms with E-state index >= 15 is 0 Å². The number of methoxy groups -OCH3 is 1. The Labute approximate surface area is 107 Å². The molecule has 1 rings (SSSR count). The summed E-state index contributed by atoms with van der Waals surface area (Å²) in [6.45, 7) is 2.40. The number of likely N-dealkylation sites (N-methyl/N-ethyl adjacent to an activating group) is 1. The number of rotatable bonds is 6. The highest BCUT2D eigenvalue weighted by Gasteiger charge is 2.10. The Bertz CT molecular complexity index is 406. The zero-order valence-electron chi connectivity index (χ0n) is 11.0. The van der Waals surface area contributed by atoms with Crippen LogP contribution in [-0.4, -0.2) is 43.2 Å². The Morgan fingerprint density at radius 1 is 1.39 bits per heavy atom. The van der Waals surface area contributed by atoms with Crippen LogP contribution in [0.1, 0.15) is 12.5 Å². The van der Waals surface area contributed by atoms with Crippen molar-refractivity contribution in [2.24, 2.45) is 0 Å². The second kappa shape index (κ2) is 6.86. The van der Waals surface area contributed by atoms with E-state index in [1.807, 2.05) is 6.92 Å². The van der Waals surface area contributed by atoms with Crippen LogP contribution in [0.25, 0.3) is 0 Å². The topological polar surface area (TPSA) is 59.0 Å². The first-order valence-electron chi connectivity index (χ1n) is 5.76. The SMILES string of the molecule is CCN(C)C(=O)COc1cc(CO)ccc1OC. The average molecular weight is 253 g/mol. The summed E-state index contributed by atoms with van der Waals surface area (Å²) in [5.74, 6) is 0.898. The highest BCUT2D eigenvalue weighted by Crippen LogP contribution is 2.28.